The summed E-state index contributed by atoms with van der Waals surface area (Å²) < 4.78 is 1.07. The molecule has 0 saturated carbocycles. The van der Waals surface area contributed by atoms with E-state index in [9.17, 15) is 4.79 Å². The summed E-state index contributed by atoms with van der Waals surface area (Å²) in [6.07, 6.45) is 0. The summed E-state index contributed by atoms with van der Waals surface area (Å²) in [5.74, 6) is 0.0631. The third-order valence-corrected chi connectivity index (χ3v) is 4.01. The van der Waals surface area contributed by atoms with Gasteiger partial charge in [-0.1, -0.05) is 66.7 Å². The summed E-state index contributed by atoms with van der Waals surface area (Å²) in [5.41, 5.74) is 3.73. The van der Waals surface area contributed by atoms with Crippen LogP contribution in [0.25, 0.3) is 11.1 Å². The molecule has 3 aromatic rings. The summed E-state index contributed by atoms with van der Waals surface area (Å²) in [7, 11) is 0. The van der Waals surface area contributed by atoms with Crippen molar-refractivity contribution < 1.29 is 4.79 Å². The lowest BCUT2D eigenvalue weighted by atomic mass is 9.99. The molecule has 0 aliphatic carbocycles. The zero-order valence-corrected chi connectivity index (χ0v) is 13.4. The highest BCUT2D eigenvalue weighted by Crippen LogP contribution is 2.20. The van der Waals surface area contributed by atoms with Crippen molar-refractivity contribution in [2.24, 2.45) is 0 Å². The predicted octanol–water partition coefficient (Wildman–Crippen LogP) is 5.19. The molecule has 0 unspecified atom stereocenters. The molecule has 0 radical (unpaired) electrons. The second kappa shape index (κ2) is 6.22. The molecule has 3 aromatic carbocycles. The van der Waals surface area contributed by atoms with Crippen LogP contribution in [-0.4, -0.2) is 5.78 Å². The van der Waals surface area contributed by atoms with Gasteiger partial charge < -0.3 is 0 Å². The van der Waals surface area contributed by atoms with Crippen LogP contribution >= 0.6 is 22.6 Å². The molecular weight excluding hydrogens is 371 g/mol. The quantitative estimate of drug-likeness (QED) is 0.449. The maximum absolute atomic E-state index is 12.4. The molecule has 1 nitrogen and oxygen atoms in total. The van der Waals surface area contributed by atoms with Gasteiger partial charge in [-0.25, -0.2) is 0 Å². The van der Waals surface area contributed by atoms with Crippen molar-refractivity contribution in [2.75, 3.05) is 0 Å². The summed E-state index contributed by atoms with van der Waals surface area (Å²) in [6, 6.07) is 25.6. The standard InChI is InChI=1S/C19H13IO/c20-18-8-4-7-17(13-18)19(21)16-11-9-15(10-12-16)14-5-2-1-3-6-14/h1-13H. The van der Waals surface area contributed by atoms with Gasteiger partial charge in [0.25, 0.3) is 0 Å². The van der Waals surface area contributed by atoms with Crippen molar-refractivity contribution in [1.29, 1.82) is 0 Å². The molecule has 21 heavy (non-hydrogen) atoms. The Bertz CT molecular complexity index is 761. The van der Waals surface area contributed by atoms with Crippen LogP contribution in [0.2, 0.25) is 0 Å². The van der Waals surface area contributed by atoms with E-state index in [-0.39, 0.29) is 5.78 Å². The minimum atomic E-state index is 0.0631. The van der Waals surface area contributed by atoms with E-state index in [2.05, 4.69) is 34.7 Å². The van der Waals surface area contributed by atoms with Crippen LogP contribution in [0.3, 0.4) is 0 Å². The molecule has 0 aromatic heterocycles. The number of hydrogen-bond acceptors (Lipinski definition) is 1. The van der Waals surface area contributed by atoms with Crippen LogP contribution in [0.1, 0.15) is 15.9 Å². The fourth-order valence-corrected chi connectivity index (χ4v) is 2.78. The lowest BCUT2D eigenvalue weighted by Crippen LogP contribution is -2.01. The van der Waals surface area contributed by atoms with Gasteiger partial charge in [0, 0.05) is 14.7 Å². The smallest absolute Gasteiger partial charge is 0.193 e. The number of rotatable bonds is 3. The van der Waals surface area contributed by atoms with Gasteiger partial charge in [0.1, 0.15) is 0 Å². The van der Waals surface area contributed by atoms with Crippen LogP contribution in [0.15, 0.2) is 78.9 Å². The first kappa shape index (κ1) is 14.0. The first-order valence-electron chi connectivity index (χ1n) is 6.70. The number of hydrogen-bond donors (Lipinski definition) is 0. The fourth-order valence-electron chi connectivity index (χ4n) is 2.24. The second-order valence-corrected chi connectivity index (χ2v) is 6.03. The van der Waals surface area contributed by atoms with E-state index in [1.165, 1.54) is 0 Å². The minimum Gasteiger partial charge on any atom is -0.289 e. The minimum absolute atomic E-state index is 0.0631. The van der Waals surface area contributed by atoms with Gasteiger partial charge in [0.05, 0.1) is 0 Å². The highest BCUT2D eigenvalue weighted by atomic mass is 127. The Morgan fingerprint density at radius 3 is 2.00 bits per heavy atom. The largest absolute Gasteiger partial charge is 0.289 e. The molecule has 0 N–H and O–H groups in total. The molecule has 102 valence electrons. The molecule has 0 spiro atoms. The summed E-state index contributed by atoms with van der Waals surface area (Å²) in [5, 5.41) is 0. The Morgan fingerprint density at radius 2 is 1.33 bits per heavy atom. The molecule has 0 aliphatic rings. The topological polar surface area (TPSA) is 17.1 Å². The number of carbonyl (C=O) groups is 1. The highest BCUT2D eigenvalue weighted by molar-refractivity contribution is 14.1. The molecule has 2 heteroatoms. The first-order valence-corrected chi connectivity index (χ1v) is 7.78. The molecule has 0 aliphatic heterocycles. The van der Waals surface area contributed by atoms with Crippen molar-refractivity contribution in [1.82, 2.24) is 0 Å². The predicted molar refractivity (Wildman–Crippen MR) is 94.5 cm³/mol. The van der Waals surface area contributed by atoms with Gasteiger partial charge in [-0.05, 0) is 45.9 Å². The number of ketones is 1. The van der Waals surface area contributed by atoms with E-state index in [0.29, 0.717) is 0 Å². The lowest BCUT2D eigenvalue weighted by molar-refractivity contribution is 0.103. The zero-order valence-electron chi connectivity index (χ0n) is 11.3. The molecule has 3 rings (SSSR count). The molecule has 0 bridgehead atoms. The molecular formula is C19H13IO. The van der Waals surface area contributed by atoms with Crippen LogP contribution in [0.4, 0.5) is 0 Å². The van der Waals surface area contributed by atoms with E-state index >= 15 is 0 Å². The van der Waals surface area contributed by atoms with Crippen molar-refractivity contribution in [3.05, 3.63) is 93.6 Å². The van der Waals surface area contributed by atoms with E-state index in [4.69, 9.17) is 0 Å². The van der Waals surface area contributed by atoms with Gasteiger partial charge in [-0.15, -0.1) is 0 Å². The average Bonchev–Trinajstić information content (AvgIpc) is 2.55. The fraction of sp³-hybridized carbons (Fsp3) is 0. The molecule has 0 heterocycles. The Balaban J connectivity index is 1.89. The summed E-state index contributed by atoms with van der Waals surface area (Å²) in [4.78, 5) is 12.4. The maximum Gasteiger partial charge on any atom is 0.193 e. The van der Waals surface area contributed by atoms with Crippen LogP contribution in [-0.2, 0) is 0 Å². The summed E-state index contributed by atoms with van der Waals surface area (Å²) >= 11 is 2.22. The maximum atomic E-state index is 12.4. The highest BCUT2D eigenvalue weighted by Gasteiger charge is 2.09. The van der Waals surface area contributed by atoms with Gasteiger partial charge in [0.2, 0.25) is 0 Å². The van der Waals surface area contributed by atoms with E-state index < -0.39 is 0 Å². The number of halogens is 1. The molecule has 0 amide bonds. The molecule has 0 fully saturated rings. The van der Waals surface area contributed by atoms with Gasteiger partial charge in [0.15, 0.2) is 5.78 Å². The zero-order chi connectivity index (χ0) is 14.7. The average molecular weight is 384 g/mol. The van der Waals surface area contributed by atoms with Crippen molar-refractivity contribution in [3.8, 4) is 11.1 Å². The Kier molecular flexibility index (Phi) is 4.15. The number of benzene rings is 3. The Hall–Kier alpha value is -1.94. The van der Waals surface area contributed by atoms with Crippen molar-refractivity contribution in [2.45, 2.75) is 0 Å². The summed E-state index contributed by atoms with van der Waals surface area (Å²) in [6.45, 7) is 0. The normalized spacial score (nSPS) is 10.3. The molecule has 0 saturated heterocycles. The third-order valence-electron chi connectivity index (χ3n) is 3.34. The third kappa shape index (κ3) is 3.22. The van der Waals surface area contributed by atoms with Gasteiger partial charge in [-0.3, -0.25) is 4.79 Å². The molecule has 0 atom stereocenters. The lowest BCUT2D eigenvalue weighted by Gasteiger charge is -2.05. The van der Waals surface area contributed by atoms with E-state index in [1.807, 2.05) is 66.7 Å². The first-order chi connectivity index (χ1) is 10.2. The van der Waals surface area contributed by atoms with Crippen LogP contribution < -0.4 is 0 Å². The van der Waals surface area contributed by atoms with E-state index in [1.54, 1.807) is 0 Å². The van der Waals surface area contributed by atoms with Crippen molar-refractivity contribution >= 4 is 28.4 Å². The van der Waals surface area contributed by atoms with Gasteiger partial charge in [-0.2, -0.15) is 0 Å². The van der Waals surface area contributed by atoms with Crippen LogP contribution in [0, 0.1) is 3.57 Å². The number of carbonyl (C=O) groups excluding carboxylic acids is 1. The van der Waals surface area contributed by atoms with Gasteiger partial charge >= 0.3 is 0 Å². The van der Waals surface area contributed by atoms with Crippen molar-refractivity contribution in [3.63, 3.8) is 0 Å². The monoisotopic (exact) mass is 384 g/mol. The SMILES string of the molecule is O=C(c1ccc(-c2ccccc2)cc1)c1cccc(I)c1. The van der Waals surface area contributed by atoms with Crippen LogP contribution in [0.5, 0.6) is 0 Å². The Labute approximate surface area is 137 Å². The Morgan fingerprint density at radius 1 is 0.667 bits per heavy atom. The second-order valence-electron chi connectivity index (χ2n) is 4.78. The van der Waals surface area contributed by atoms with E-state index in [0.717, 1.165) is 25.8 Å².